The number of rotatable bonds is 4. The van der Waals surface area contributed by atoms with Gasteiger partial charge in [0.05, 0.1) is 6.20 Å². The van der Waals surface area contributed by atoms with Crippen molar-refractivity contribution in [1.29, 1.82) is 0 Å². The van der Waals surface area contributed by atoms with E-state index in [1.165, 1.54) is 0 Å². The second kappa shape index (κ2) is 4.54. The summed E-state index contributed by atoms with van der Waals surface area (Å²) < 4.78 is 13.1. The maximum atomic E-state index is 13.1. The average molecular weight is 213 g/mol. The fraction of sp³-hybridized carbons (Fsp3) is 0.375. The van der Waals surface area contributed by atoms with E-state index in [2.05, 4.69) is 15.3 Å². The summed E-state index contributed by atoms with van der Waals surface area (Å²) in [6, 6.07) is -0.314. The Balaban J connectivity index is 2.71. The van der Waals surface area contributed by atoms with E-state index in [0.717, 1.165) is 6.20 Å². The summed E-state index contributed by atoms with van der Waals surface area (Å²) in [4.78, 5) is 17.7. The van der Waals surface area contributed by atoms with Crippen LogP contribution < -0.4 is 16.8 Å². The second-order valence-electron chi connectivity index (χ2n) is 3.14. The number of hydrogen-bond donors (Lipinski definition) is 3. The zero-order chi connectivity index (χ0) is 11.4. The first kappa shape index (κ1) is 11.2. The van der Waals surface area contributed by atoms with Gasteiger partial charge in [-0.15, -0.1) is 0 Å². The molecule has 0 bridgehead atoms. The van der Waals surface area contributed by atoms with Gasteiger partial charge in [-0.05, 0) is 6.92 Å². The van der Waals surface area contributed by atoms with Crippen LogP contribution in [0.25, 0.3) is 0 Å². The molecule has 7 heteroatoms. The van der Waals surface area contributed by atoms with Crippen LogP contribution in [-0.4, -0.2) is 21.9 Å². The van der Waals surface area contributed by atoms with Crippen molar-refractivity contribution in [1.82, 2.24) is 9.97 Å². The third kappa shape index (κ3) is 3.37. The number of carbonyl (C=O) groups excluding carboxylic acids is 1. The third-order valence-corrected chi connectivity index (χ3v) is 1.65. The van der Waals surface area contributed by atoms with Crippen LogP contribution in [0.2, 0.25) is 0 Å². The van der Waals surface area contributed by atoms with Crippen LogP contribution >= 0.6 is 0 Å². The molecule has 6 nitrogen and oxygen atoms in total. The molecule has 1 amide bonds. The van der Waals surface area contributed by atoms with Crippen molar-refractivity contribution in [3.63, 3.8) is 0 Å². The average Bonchev–Trinajstić information content (AvgIpc) is 2.10. The van der Waals surface area contributed by atoms with Crippen LogP contribution in [-0.2, 0) is 4.79 Å². The van der Waals surface area contributed by atoms with E-state index in [4.69, 9.17) is 11.5 Å². The molecule has 0 radical (unpaired) electrons. The molecular formula is C8H12FN5O. The summed E-state index contributed by atoms with van der Waals surface area (Å²) in [6.07, 6.45) is 1.05. The highest BCUT2D eigenvalue weighted by molar-refractivity contribution is 5.74. The summed E-state index contributed by atoms with van der Waals surface area (Å²) in [5, 5.41) is 2.68. The monoisotopic (exact) mass is 213 g/mol. The van der Waals surface area contributed by atoms with Gasteiger partial charge in [-0.2, -0.15) is 4.98 Å². The first-order valence-corrected chi connectivity index (χ1v) is 4.32. The molecule has 0 saturated heterocycles. The normalized spacial score (nSPS) is 12.1. The van der Waals surface area contributed by atoms with Gasteiger partial charge < -0.3 is 16.8 Å². The smallest absolute Gasteiger partial charge is 0.222 e. The van der Waals surface area contributed by atoms with Crippen molar-refractivity contribution in [3.05, 3.63) is 12.0 Å². The molecule has 0 aromatic carbocycles. The predicted molar refractivity (Wildman–Crippen MR) is 53.3 cm³/mol. The molecule has 0 fully saturated rings. The van der Waals surface area contributed by atoms with Crippen molar-refractivity contribution < 1.29 is 9.18 Å². The minimum atomic E-state index is -0.625. The van der Waals surface area contributed by atoms with Crippen molar-refractivity contribution in [2.75, 3.05) is 11.1 Å². The Morgan fingerprint density at radius 1 is 1.73 bits per heavy atom. The molecule has 1 aromatic rings. The highest BCUT2D eigenvalue weighted by atomic mass is 19.1. The Morgan fingerprint density at radius 2 is 2.40 bits per heavy atom. The number of nitrogens with zero attached hydrogens (tertiary/aromatic N) is 2. The molecule has 0 aliphatic rings. The number of anilines is 2. The van der Waals surface area contributed by atoms with Gasteiger partial charge in [0.15, 0.2) is 11.6 Å². The summed E-state index contributed by atoms with van der Waals surface area (Å²) in [6.45, 7) is 1.68. The maximum Gasteiger partial charge on any atom is 0.222 e. The lowest BCUT2D eigenvalue weighted by atomic mass is 10.2. The van der Waals surface area contributed by atoms with Crippen LogP contribution in [0.3, 0.4) is 0 Å². The fourth-order valence-corrected chi connectivity index (χ4v) is 1.07. The van der Waals surface area contributed by atoms with Crippen molar-refractivity contribution in [3.8, 4) is 0 Å². The van der Waals surface area contributed by atoms with Gasteiger partial charge in [-0.1, -0.05) is 0 Å². The number of hydrogen-bond acceptors (Lipinski definition) is 5. The first-order valence-electron chi connectivity index (χ1n) is 4.32. The molecule has 0 aliphatic heterocycles. The molecule has 1 unspecified atom stereocenters. The van der Waals surface area contributed by atoms with E-state index < -0.39 is 11.7 Å². The van der Waals surface area contributed by atoms with Gasteiger partial charge in [-0.25, -0.2) is 9.37 Å². The minimum Gasteiger partial charge on any atom is -0.370 e. The largest absolute Gasteiger partial charge is 0.370 e. The van der Waals surface area contributed by atoms with E-state index >= 15 is 0 Å². The molecule has 0 aliphatic carbocycles. The number of carbonyl (C=O) groups is 1. The number of halogens is 1. The van der Waals surface area contributed by atoms with Gasteiger partial charge in [0.25, 0.3) is 0 Å². The molecule has 0 saturated carbocycles. The molecular weight excluding hydrogens is 201 g/mol. The number of aromatic nitrogens is 2. The lowest BCUT2D eigenvalue weighted by Crippen LogP contribution is -2.25. The van der Waals surface area contributed by atoms with Gasteiger partial charge >= 0.3 is 0 Å². The SMILES string of the molecule is CC(CC(N)=O)Nc1nc(N)ncc1F. The Hall–Kier alpha value is -1.92. The highest BCUT2D eigenvalue weighted by Gasteiger charge is 2.10. The quantitative estimate of drug-likeness (QED) is 0.646. The summed E-state index contributed by atoms with van der Waals surface area (Å²) in [5.74, 6) is -1.17. The fourth-order valence-electron chi connectivity index (χ4n) is 1.07. The van der Waals surface area contributed by atoms with Gasteiger partial charge in [-0.3, -0.25) is 4.79 Å². The van der Waals surface area contributed by atoms with Crippen molar-refractivity contribution in [2.45, 2.75) is 19.4 Å². The Labute approximate surface area is 85.9 Å². The van der Waals surface area contributed by atoms with E-state index in [9.17, 15) is 9.18 Å². The van der Waals surface area contributed by atoms with Crippen LogP contribution in [0.5, 0.6) is 0 Å². The van der Waals surface area contributed by atoms with Crippen LogP contribution in [0.1, 0.15) is 13.3 Å². The molecule has 0 spiro atoms. The number of nitrogens with two attached hydrogens (primary N) is 2. The summed E-state index contributed by atoms with van der Waals surface area (Å²) in [7, 11) is 0. The van der Waals surface area contributed by atoms with Crippen molar-refractivity contribution in [2.24, 2.45) is 5.73 Å². The summed E-state index contributed by atoms with van der Waals surface area (Å²) >= 11 is 0. The lowest BCUT2D eigenvalue weighted by molar-refractivity contribution is -0.118. The maximum absolute atomic E-state index is 13.1. The Bertz CT molecular complexity index is 370. The predicted octanol–water partition coefficient (Wildman–Crippen LogP) is -0.126. The number of nitrogen functional groups attached to an aromatic ring is 1. The third-order valence-electron chi connectivity index (χ3n) is 1.65. The number of primary amides is 1. The zero-order valence-corrected chi connectivity index (χ0v) is 8.20. The Morgan fingerprint density at radius 3 is 3.00 bits per heavy atom. The minimum absolute atomic E-state index is 0.0312. The topological polar surface area (TPSA) is 107 Å². The van der Waals surface area contributed by atoms with E-state index in [-0.39, 0.29) is 24.2 Å². The standard InChI is InChI=1S/C8H12FN5O/c1-4(2-6(10)15)13-7-5(9)3-12-8(11)14-7/h3-4H,2H2,1H3,(H2,10,15)(H3,11,12,13,14). The van der Waals surface area contributed by atoms with E-state index in [1.807, 2.05) is 0 Å². The molecule has 1 heterocycles. The molecule has 15 heavy (non-hydrogen) atoms. The molecule has 5 N–H and O–H groups in total. The molecule has 1 rings (SSSR count). The number of amides is 1. The van der Waals surface area contributed by atoms with E-state index in [1.54, 1.807) is 6.92 Å². The van der Waals surface area contributed by atoms with Crippen LogP contribution in [0, 0.1) is 5.82 Å². The molecule has 1 aromatic heterocycles. The molecule has 1 atom stereocenters. The zero-order valence-electron chi connectivity index (χ0n) is 8.20. The van der Waals surface area contributed by atoms with E-state index in [0.29, 0.717) is 0 Å². The van der Waals surface area contributed by atoms with Gasteiger partial charge in [0.1, 0.15) is 0 Å². The van der Waals surface area contributed by atoms with Crippen LogP contribution in [0.4, 0.5) is 16.2 Å². The van der Waals surface area contributed by atoms with Gasteiger partial charge in [0, 0.05) is 12.5 Å². The summed E-state index contributed by atoms with van der Waals surface area (Å²) in [5.41, 5.74) is 10.3. The first-order chi connectivity index (χ1) is 6.99. The van der Waals surface area contributed by atoms with Crippen LogP contribution in [0.15, 0.2) is 6.20 Å². The molecule has 82 valence electrons. The Kier molecular flexibility index (Phi) is 3.37. The second-order valence-corrected chi connectivity index (χ2v) is 3.14. The van der Waals surface area contributed by atoms with Crippen molar-refractivity contribution >= 4 is 17.7 Å². The van der Waals surface area contributed by atoms with Gasteiger partial charge in [0.2, 0.25) is 11.9 Å². The number of nitrogens with one attached hydrogen (secondary N) is 1. The highest BCUT2D eigenvalue weighted by Crippen LogP contribution is 2.12. The lowest BCUT2D eigenvalue weighted by Gasteiger charge is -2.12.